The van der Waals surface area contributed by atoms with Crippen molar-refractivity contribution >= 4 is 6.09 Å². The second-order valence-corrected chi connectivity index (χ2v) is 15.5. The van der Waals surface area contributed by atoms with Crippen LogP contribution in [0, 0.1) is 0 Å². The van der Waals surface area contributed by atoms with Crippen molar-refractivity contribution in [3.05, 3.63) is 48.6 Å². The summed E-state index contributed by atoms with van der Waals surface area (Å²) in [5, 5.41) is 0. The first-order valence-electron chi connectivity index (χ1n) is 23.1. The lowest BCUT2D eigenvalue weighted by atomic mass is 10.1. The molecule has 0 aromatic carbocycles. The summed E-state index contributed by atoms with van der Waals surface area (Å²) >= 11 is 0. The molecule has 0 spiro atoms. The minimum Gasteiger partial charge on any atom is -0.449 e. The van der Waals surface area contributed by atoms with Crippen molar-refractivity contribution in [1.29, 1.82) is 0 Å². The molecule has 0 atom stereocenters. The van der Waals surface area contributed by atoms with Gasteiger partial charge in [-0.15, -0.1) is 0 Å². The summed E-state index contributed by atoms with van der Waals surface area (Å²) in [5.41, 5.74) is 0. The topological polar surface area (TPSA) is 42.0 Å². The molecule has 0 aromatic heterocycles. The van der Waals surface area contributed by atoms with E-state index in [1.54, 1.807) is 0 Å². The molecule has 1 rings (SSSR count). The number of ether oxygens (including phenoxy) is 2. The minimum absolute atomic E-state index is 0.152. The molecule has 1 amide bonds. The third-order valence-electron chi connectivity index (χ3n) is 10.4. The average molecular weight is 741 g/mol. The Morgan fingerprint density at radius 3 is 1.49 bits per heavy atom. The highest BCUT2D eigenvalue weighted by Crippen LogP contribution is 2.12. The fraction of sp³-hybridized carbons (Fsp3) is 0.812. The lowest BCUT2D eigenvalue weighted by molar-refractivity contribution is 0.0709. The highest BCUT2D eigenvalue weighted by Gasteiger charge is 2.15. The molecule has 1 fully saturated rings. The first-order valence-corrected chi connectivity index (χ1v) is 23.1. The fourth-order valence-electron chi connectivity index (χ4n) is 6.95. The molecule has 0 bridgehead atoms. The Morgan fingerprint density at radius 2 is 0.962 bits per heavy atom. The van der Waals surface area contributed by atoms with Gasteiger partial charge in [0.1, 0.15) is 0 Å². The summed E-state index contributed by atoms with van der Waals surface area (Å²) < 4.78 is 11.8. The number of unbranched alkanes of at least 4 members (excludes halogenated alkanes) is 18. The smallest absolute Gasteiger partial charge is 0.409 e. The maximum Gasteiger partial charge on any atom is 0.409 e. The van der Waals surface area contributed by atoms with Crippen molar-refractivity contribution in [2.75, 3.05) is 52.5 Å². The van der Waals surface area contributed by atoms with Gasteiger partial charge in [-0.3, -0.25) is 0 Å². The van der Waals surface area contributed by atoms with Crippen LogP contribution in [0.3, 0.4) is 0 Å². The van der Waals surface area contributed by atoms with Gasteiger partial charge in [0.25, 0.3) is 0 Å². The number of hydrogen-bond acceptors (Lipinski definition) is 4. The van der Waals surface area contributed by atoms with Gasteiger partial charge in [-0.25, -0.2) is 4.79 Å². The number of rotatable bonds is 37. The Hall–Kier alpha value is -1.85. The third kappa shape index (κ3) is 35.6. The molecule has 53 heavy (non-hydrogen) atoms. The van der Waals surface area contributed by atoms with Crippen LogP contribution < -0.4 is 0 Å². The van der Waals surface area contributed by atoms with E-state index in [9.17, 15) is 4.79 Å². The lowest BCUT2D eigenvalue weighted by Gasteiger charge is -2.23. The van der Waals surface area contributed by atoms with Gasteiger partial charge in [0.15, 0.2) is 0 Å². The molecule has 0 unspecified atom stereocenters. The van der Waals surface area contributed by atoms with Crippen molar-refractivity contribution in [3.8, 4) is 0 Å². The standard InChI is InChI=1S/C48H88N2O3/c1-3-5-7-9-11-13-15-17-19-21-23-25-27-29-31-37-43-50(48(51)53-46-39-42-49-40-35-32-33-36-41-49)44-47-52-45-38-34-30-28-26-24-22-20-18-16-14-12-10-8-6-4-2/h11-14,17-20H,3-10,15-16,21-47H2,1-2H3. The number of carbonyl (C=O) groups is 1. The number of allylic oxidation sites excluding steroid dienone is 8. The summed E-state index contributed by atoms with van der Waals surface area (Å²) in [5.74, 6) is 0. The predicted molar refractivity (Wildman–Crippen MR) is 232 cm³/mol. The normalized spacial score (nSPS) is 14.4. The molecule has 0 saturated carbocycles. The maximum absolute atomic E-state index is 13.1. The Bertz CT molecular complexity index is 874. The zero-order chi connectivity index (χ0) is 38.0. The molecular formula is C48H88N2O3. The van der Waals surface area contributed by atoms with Crippen LogP contribution in [0.15, 0.2) is 48.6 Å². The van der Waals surface area contributed by atoms with Crippen LogP contribution in [-0.2, 0) is 9.47 Å². The van der Waals surface area contributed by atoms with Crippen LogP contribution in [0.1, 0.15) is 200 Å². The Labute approximate surface area is 330 Å². The van der Waals surface area contributed by atoms with Crippen LogP contribution in [0.4, 0.5) is 4.79 Å². The van der Waals surface area contributed by atoms with Gasteiger partial charge in [0.05, 0.1) is 13.2 Å². The molecular weight excluding hydrogens is 653 g/mol. The summed E-state index contributed by atoms with van der Waals surface area (Å²) in [6.07, 6.45) is 54.6. The zero-order valence-electron chi connectivity index (χ0n) is 35.4. The Kier molecular flexibility index (Phi) is 38.3. The minimum atomic E-state index is -0.152. The molecule has 1 aliphatic heterocycles. The molecule has 5 heteroatoms. The molecule has 1 saturated heterocycles. The molecule has 0 aliphatic carbocycles. The number of hydrogen-bond donors (Lipinski definition) is 0. The molecule has 0 N–H and O–H groups in total. The van der Waals surface area contributed by atoms with Crippen molar-refractivity contribution < 1.29 is 14.3 Å². The number of amides is 1. The predicted octanol–water partition coefficient (Wildman–Crippen LogP) is 14.3. The van der Waals surface area contributed by atoms with Crippen molar-refractivity contribution in [3.63, 3.8) is 0 Å². The third-order valence-corrected chi connectivity index (χ3v) is 10.4. The molecule has 5 nitrogen and oxygen atoms in total. The molecule has 308 valence electrons. The highest BCUT2D eigenvalue weighted by molar-refractivity contribution is 5.67. The van der Waals surface area contributed by atoms with E-state index >= 15 is 0 Å². The SMILES string of the molecule is CCCCCC=CCC=CCCCCCCCCOCCN(CCCCCCCCC=CCC=CCCCCC)C(=O)OCCCN1CCCCCC1. The summed E-state index contributed by atoms with van der Waals surface area (Å²) in [6.45, 7) is 11.3. The van der Waals surface area contributed by atoms with E-state index in [1.165, 1.54) is 167 Å². The van der Waals surface area contributed by atoms with Gasteiger partial charge in [-0.1, -0.05) is 152 Å². The second-order valence-electron chi connectivity index (χ2n) is 15.5. The van der Waals surface area contributed by atoms with Gasteiger partial charge >= 0.3 is 6.09 Å². The number of carbonyl (C=O) groups excluding carboxylic acids is 1. The quantitative estimate of drug-likeness (QED) is 0.0470. The van der Waals surface area contributed by atoms with Gasteiger partial charge < -0.3 is 19.3 Å². The van der Waals surface area contributed by atoms with Gasteiger partial charge in [0, 0.05) is 26.2 Å². The van der Waals surface area contributed by atoms with Gasteiger partial charge in [-0.2, -0.15) is 0 Å². The van der Waals surface area contributed by atoms with E-state index in [-0.39, 0.29) is 6.09 Å². The van der Waals surface area contributed by atoms with E-state index < -0.39 is 0 Å². The van der Waals surface area contributed by atoms with Crippen LogP contribution >= 0.6 is 0 Å². The van der Waals surface area contributed by atoms with Crippen molar-refractivity contribution in [2.24, 2.45) is 0 Å². The summed E-state index contributed by atoms with van der Waals surface area (Å²) in [6, 6.07) is 0. The van der Waals surface area contributed by atoms with E-state index in [4.69, 9.17) is 9.47 Å². The van der Waals surface area contributed by atoms with Crippen molar-refractivity contribution in [2.45, 2.75) is 200 Å². The van der Waals surface area contributed by atoms with Crippen LogP contribution in [0.25, 0.3) is 0 Å². The van der Waals surface area contributed by atoms with Crippen LogP contribution in [0.5, 0.6) is 0 Å². The molecule has 1 aliphatic rings. The Balaban J connectivity index is 2.17. The van der Waals surface area contributed by atoms with Crippen molar-refractivity contribution in [1.82, 2.24) is 9.80 Å². The fourth-order valence-corrected chi connectivity index (χ4v) is 6.95. The van der Waals surface area contributed by atoms with E-state index in [1.807, 2.05) is 4.90 Å². The highest BCUT2D eigenvalue weighted by atomic mass is 16.6. The van der Waals surface area contributed by atoms with Crippen LogP contribution in [-0.4, -0.2) is 68.4 Å². The zero-order valence-corrected chi connectivity index (χ0v) is 35.4. The first-order chi connectivity index (χ1) is 26.3. The van der Waals surface area contributed by atoms with E-state index in [0.717, 1.165) is 51.8 Å². The second kappa shape index (κ2) is 41.3. The monoisotopic (exact) mass is 741 g/mol. The number of nitrogens with zero attached hydrogens (tertiary/aromatic N) is 2. The largest absolute Gasteiger partial charge is 0.449 e. The first kappa shape index (κ1) is 49.2. The average Bonchev–Trinajstić information content (AvgIpc) is 3.45. The van der Waals surface area contributed by atoms with Crippen LogP contribution in [0.2, 0.25) is 0 Å². The summed E-state index contributed by atoms with van der Waals surface area (Å²) in [7, 11) is 0. The maximum atomic E-state index is 13.1. The number of likely N-dealkylation sites (tertiary alicyclic amines) is 1. The lowest BCUT2D eigenvalue weighted by Crippen LogP contribution is -2.36. The van der Waals surface area contributed by atoms with Gasteiger partial charge in [-0.05, 0) is 109 Å². The van der Waals surface area contributed by atoms with E-state index in [0.29, 0.717) is 19.8 Å². The molecule has 0 aromatic rings. The molecule has 1 heterocycles. The van der Waals surface area contributed by atoms with E-state index in [2.05, 4.69) is 67.4 Å². The summed E-state index contributed by atoms with van der Waals surface area (Å²) in [4.78, 5) is 17.5. The van der Waals surface area contributed by atoms with Gasteiger partial charge in [0.2, 0.25) is 0 Å². The molecule has 0 radical (unpaired) electrons. The Morgan fingerprint density at radius 1 is 0.491 bits per heavy atom.